The number of furan rings is 1. The van der Waals surface area contributed by atoms with Gasteiger partial charge in [0.2, 0.25) is 7.28 Å². The fraction of sp³-hybridized carbons (Fsp3) is 0.273. The van der Waals surface area contributed by atoms with Crippen LogP contribution in [0, 0.1) is 13.8 Å². The average molecular weight is 913 g/mol. The highest BCUT2D eigenvalue weighted by Gasteiger charge is 2.42. The monoisotopic (exact) mass is 913 g/mol. The number of fused-ring (bicyclic) bond motifs is 7. The molecule has 2 aliphatic carbocycles. The molecule has 1 N–H and O–H groups in total. The molecule has 1 aliphatic heterocycles. The van der Waals surface area contributed by atoms with Crippen molar-refractivity contribution in [2.24, 2.45) is 0 Å². The summed E-state index contributed by atoms with van der Waals surface area (Å²) in [7, 11) is 0.664. The summed E-state index contributed by atoms with van der Waals surface area (Å²) in [4.78, 5) is 2.64. The van der Waals surface area contributed by atoms with Gasteiger partial charge in [0.15, 0.2) is 0 Å². The Hall–Kier alpha value is -6.78. The molecular weight excluding hydrogens is 848 g/mol. The van der Waals surface area contributed by atoms with Crippen LogP contribution in [-0.2, 0) is 21.7 Å². The third kappa shape index (κ3) is 7.23. The minimum atomic E-state index is 0.0288. The molecule has 3 aliphatic rings. The molecule has 0 spiro atoms. The summed E-state index contributed by atoms with van der Waals surface area (Å²) in [5, 5.41) is 7.59. The van der Waals surface area contributed by atoms with E-state index in [9.17, 15) is 0 Å². The van der Waals surface area contributed by atoms with Crippen LogP contribution in [0.5, 0.6) is 0 Å². The molecule has 70 heavy (non-hydrogen) atoms. The van der Waals surface area contributed by atoms with E-state index in [1.807, 2.05) is 0 Å². The lowest BCUT2D eigenvalue weighted by Crippen LogP contribution is -2.40. The third-order valence-corrected chi connectivity index (χ3v) is 17.0. The molecule has 2 heterocycles. The van der Waals surface area contributed by atoms with Gasteiger partial charge >= 0.3 is 0 Å². The van der Waals surface area contributed by atoms with Crippen LogP contribution in [0.2, 0.25) is 0 Å². The van der Waals surface area contributed by atoms with Gasteiger partial charge in [-0.3, -0.25) is 0 Å². The lowest BCUT2D eigenvalue weighted by Gasteiger charge is -2.43. The quantitative estimate of drug-likeness (QED) is 0.169. The Morgan fingerprint density at radius 3 is 1.71 bits per heavy atom. The smallest absolute Gasteiger partial charge is 0.244 e. The summed E-state index contributed by atoms with van der Waals surface area (Å²) in [6, 6.07) is 57.0. The first-order chi connectivity index (χ1) is 33.5. The highest BCUT2D eigenvalue weighted by Crippen LogP contribution is 2.53. The molecule has 0 atom stereocenters. The Morgan fingerprint density at radius 2 is 1.04 bits per heavy atom. The number of nitrogens with one attached hydrogen (secondary N) is 1. The van der Waals surface area contributed by atoms with Gasteiger partial charge in [0.1, 0.15) is 5.58 Å². The minimum absolute atomic E-state index is 0.0288. The fourth-order valence-corrected chi connectivity index (χ4v) is 12.5. The summed E-state index contributed by atoms with van der Waals surface area (Å²) >= 11 is 0. The molecule has 12 rings (SSSR count). The second-order valence-electron chi connectivity index (χ2n) is 23.6. The molecule has 1 aromatic heterocycles. The second-order valence-corrected chi connectivity index (χ2v) is 23.6. The molecule has 4 heteroatoms. The van der Waals surface area contributed by atoms with E-state index in [0.29, 0.717) is 7.28 Å². The van der Waals surface area contributed by atoms with Crippen LogP contribution in [0.1, 0.15) is 114 Å². The SMILES string of the molecule is Cc1ccccc1-c1cc(-c2cc3ccccc3cc2Nc2ccc(-c3ccccc3)cc2)c2c(c1)N(c1cc3c(cc1C)C(C)(C)CCC3(C)C)c1c(oc3cc4c(cc13)C(C)(C)CCC4(C)C)B2. The summed E-state index contributed by atoms with van der Waals surface area (Å²) in [5.74, 6) is 0. The van der Waals surface area contributed by atoms with Crippen LogP contribution in [0.3, 0.4) is 0 Å². The number of rotatable bonds is 6. The van der Waals surface area contributed by atoms with Gasteiger partial charge in [0.25, 0.3) is 0 Å². The Bertz CT molecular complexity index is 3570. The van der Waals surface area contributed by atoms with Crippen LogP contribution in [-0.4, -0.2) is 7.28 Å². The van der Waals surface area contributed by atoms with Crippen LogP contribution < -0.4 is 21.3 Å². The van der Waals surface area contributed by atoms with E-state index in [0.717, 1.165) is 41.9 Å². The van der Waals surface area contributed by atoms with E-state index in [1.54, 1.807) is 0 Å². The molecule has 8 aromatic carbocycles. The Labute approximate surface area is 416 Å². The van der Waals surface area contributed by atoms with Gasteiger partial charge in [0.05, 0.1) is 11.3 Å². The molecule has 0 unspecified atom stereocenters. The minimum Gasteiger partial charge on any atom is -0.469 e. The maximum absolute atomic E-state index is 7.36. The maximum Gasteiger partial charge on any atom is 0.244 e. The molecule has 0 radical (unpaired) electrons. The summed E-state index contributed by atoms with van der Waals surface area (Å²) in [6.45, 7) is 24.1. The van der Waals surface area contributed by atoms with Crippen molar-refractivity contribution in [3.05, 3.63) is 185 Å². The zero-order valence-electron chi connectivity index (χ0n) is 42.8. The molecular formula is C66H65BN2O. The lowest BCUT2D eigenvalue weighted by molar-refractivity contribution is 0.332. The van der Waals surface area contributed by atoms with E-state index >= 15 is 0 Å². The number of nitrogens with zero attached hydrogens (tertiary/aromatic N) is 1. The van der Waals surface area contributed by atoms with Gasteiger partial charge in [-0.25, -0.2) is 0 Å². The molecule has 348 valence electrons. The van der Waals surface area contributed by atoms with Crippen LogP contribution >= 0.6 is 0 Å². The Morgan fingerprint density at radius 1 is 0.471 bits per heavy atom. The zero-order chi connectivity index (χ0) is 48.5. The van der Waals surface area contributed by atoms with Crippen molar-refractivity contribution in [1.82, 2.24) is 0 Å². The lowest BCUT2D eigenvalue weighted by atomic mass is 9.60. The van der Waals surface area contributed by atoms with Crippen molar-refractivity contribution in [2.45, 2.75) is 117 Å². The number of benzene rings is 8. The summed E-state index contributed by atoms with van der Waals surface area (Å²) in [6.07, 6.45) is 4.63. The highest BCUT2D eigenvalue weighted by molar-refractivity contribution is 6.73. The molecule has 0 amide bonds. The highest BCUT2D eigenvalue weighted by atomic mass is 16.3. The fourth-order valence-electron chi connectivity index (χ4n) is 12.5. The van der Waals surface area contributed by atoms with Gasteiger partial charge < -0.3 is 14.6 Å². The normalized spacial score (nSPS) is 17.0. The molecule has 0 fully saturated rings. The first-order valence-electron chi connectivity index (χ1n) is 25.7. The van der Waals surface area contributed by atoms with Crippen LogP contribution in [0.15, 0.2) is 156 Å². The number of aryl methyl sites for hydroxylation is 2. The van der Waals surface area contributed by atoms with Gasteiger partial charge in [-0.15, -0.1) is 0 Å². The molecule has 0 saturated heterocycles. The molecule has 0 saturated carbocycles. The molecule has 0 bridgehead atoms. The van der Waals surface area contributed by atoms with Gasteiger partial charge in [-0.05, 0) is 193 Å². The zero-order valence-corrected chi connectivity index (χ0v) is 42.8. The third-order valence-electron chi connectivity index (χ3n) is 17.0. The number of hydrogen-bond acceptors (Lipinski definition) is 3. The van der Waals surface area contributed by atoms with Gasteiger partial charge in [0, 0.05) is 33.7 Å². The van der Waals surface area contributed by atoms with Crippen LogP contribution in [0.25, 0.3) is 55.1 Å². The van der Waals surface area contributed by atoms with Crippen molar-refractivity contribution in [1.29, 1.82) is 0 Å². The van der Waals surface area contributed by atoms with E-state index in [-0.39, 0.29) is 21.7 Å². The Balaban J connectivity index is 1.15. The van der Waals surface area contributed by atoms with Crippen molar-refractivity contribution < 1.29 is 4.42 Å². The van der Waals surface area contributed by atoms with Gasteiger partial charge in [-0.2, -0.15) is 0 Å². The first kappa shape index (κ1) is 44.4. The van der Waals surface area contributed by atoms with E-state index in [2.05, 4.69) is 231 Å². The van der Waals surface area contributed by atoms with E-state index in [4.69, 9.17) is 4.42 Å². The van der Waals surface area contributed by atoms with Crippen molar-refractivity contribution in [3.8, 4) is 33.4 Å². The number of hydrogen-bond donors (Lipinski definition) is 1. The van der Waals surface area contributed by atoms with Gasteiger partial charge in [-0.1, -0.05) is 152 Å². The average Bonchev–Trinajstić information content (AvgIpc) is 3.71. The number of anilines is 5. The van der Waals surface area contributed by atoms with Crippen molar-refractivity contribution in [3.63, 3.8) is 0 Å². The van der Waals surface area contributed by atoms with E-state index in [1.165, 1.54) is 112 Å². The van der Waals surface area contributed by atoms with Crippen LogP contribution in [0.4, 0.5) is 28.4 Å². The predicted molar refractivity (Wildman–Crippen MR) is 301 cm³/mol. The largest absolute Gasteiger partial charge is 0.469 e. The molecule has 9 aromatic rings. The summed E-state index contributed by atoms with van der Waals surface area (Å²) < 4.78 is 7.36. The Kier molecular flexibility index (Phi) is 10.1. The van der Waals surface area contributed by atoms with E-state index < -0.39 is 0 Å². The topological polar surface area (TPSA) is 28.4 Å². The van der Waals surface area contributed by atoms with Crippen molar-refractivity contribution in [2.75, 3.05) is 10.2 Å². The maximum atomic E-state index is 7.36. The second kappa shape index (κ2) is 15.9. The predicted octanol–water partition coefficient (Wildman–Crippen LogP) is 16.8. The van der Waals surface area contributed by atoms with Crippen molar-refractivity contribution >= 4 is 68.6 Å². The standard InChI is InChI=1S/C66H65BN2O/c1-40-18-14-17-23-48(40)46-34-50(49-33-44-21-15-16-22-45(44)35-56(49)68-47-26-24-43(25-27-47)42-19-12-11-13-20-42)60-58(36-46)69(57-38-54-52(32-41(57)2)63(3,4)28-30-65(54,7)8)61-51-37-53-55(39-59(51)70-62(61)67-60)66(9,10)31-29-64(53,5)6/h11-27,32-39,67-68H,28-31H2,1-10H3. The summed E-state index contributed by atoms with van der Waals surface area (Å²) in [5.41, 5.74) is 24.8. The molecule has 3 nitrogen and oxygen atoms in total. The first-order valence-corrected chi connectivity index (χ1v) is 25.7.